The average molecular weight is 172 g/mol. The van der Waals surface area contributed by atoms with Crippen molar-refractivity contribution < 1.29 is 0 Å². The van der Waals surface area contributed by atoms with Crippen molar-refractivity contribution in [3.05, 3.63) is 31.0 Å². The molecule has 0 unspecified atom stereocenters. The second kappa shape index (κ2) is 2.10. The Kier molecular flexibility index (Phi) is 1.07. The highest BCUT2D eigenvalue weighted by atomic mass is 15.1. The zero-order valence-electron chi connectivity index (χ0n) is 7.18. The van der Waals surface area contributed by atoms with Crippen LogP contribution in [0.5, 0.6) is 0 Å². The Morgan fingerprint density at radius 3 is 3.00 bits per heavy atom. The van der Waals surface area contributed by atoms with Crippen molar-refractivity contribution in [2.24, 2.45) is 7.05 Å². The highest BCUT2D eigenvalue weighted by molar-refractivity contribution is 5.89. The van der Waals surface area contributed by atoms with Gasteiger partial charge in [0.1, 0.15) is 17.6 Å². The minimum atomic E-state index is 0.964. The van der Waals surface area contributed by atoms with Gasteiger partial charge in [-0.3, -0.25) is 4.40 Å². The summed E-state index contributed by atoms with van der Waals surface area (Å²) in [6.07, 6.45) is 7.45. The predicted molar refractivity (Wildman–Crippen MR) is 49.5 cm³/mol. The van der Waals surface area contributed by atoms with Gasteiger partial charge < -0.3 is 4.57 Å². The number of aryl methyl sites for hydroxylation is 1. The summed E-state index contributed by atoms with van der Waals surface area (Å²) in [4.78, 5) is 8.60. The Morgan fingerprint density at radius 2 is 2.08 bits per heavy atom. The minimum Gasteiger partial charge on any atom is -0.335 e. The highest BCUT2D eigenvalue weighted by Gasteiger charge is 2.04. The van der Waals surface area contributed by atoms with E-state index in [1.807, 2.05) is 34.5 Å². The molecule has 3 rings (SSSR count). The molecule has 3 heterocycles. The molecule has 3 aromatic heterocycles. The van der Waals surface area contributed by atoms with Gasteiger partial charge in [-0.25, -0.2) is 9.97 Å². The van der Waals surface area contributed by atoms with Crippen LogP contribution in [-0.2, 0) is 7.05 Å². The molecule has 0 fully saturated rings. The van der Waals surface area contributed by atoms with Crippen molar-refractivity contribution in [1.29, 1.82) is 0 Å². The molecule has 0 saturated heterocycles. The van der Waals surface area contributed by atoms with Gasteiger partial charge in [-0.05, 0) is 6.07 Å². The molecule has 0 aliphatic heterocycles. The quantitative estimate of drug-likeness (QED) is 0.511. The summed E-state index contributed by atoms with van der Waals surface area (Å²) in [6, 6.07) is 2.03. The Morgan fingerprint density at radius 1 is 1.15 bits per heavy atom. The maximum atomic E-state index is 4.33. The highest BCUT2D eigenvalue weighted by Crippen LogP contribution is 2.16. The molecule has 3 aromatic rings. The monoisotopic (exact) mass is 172 g/mol. The summed E-state index contributed by atoms with van der Waals surface area (Å²) in [5, 5.41) is 1.09. The SMILES string of the molecule is Cn1ccc2c1ncn1ccnc21. The molecule has 0 aliphatic rings. The standard InChI is InChI=1S/C9H8N4/c1-12-4-2-7-8(12)11-6-13-5-3-10-9(7)13/h2-6H,1H3. The van der Waals surface area contributed by atoms with Gasteiger partial charge in [0.2, 0.25) is 0 Å². The molecule has 0 aliphatic carbocycles. The van der Waals surface area contributed by atoms with E-state index in [1.165, 1.54) is 0 Å². The van der Waals surface area contributed by atoms with E-state index >= 15 is 0 Å². The number of hydrogen-bond donors (Lipinski definition) is 0. The van der Waals surface area contributed by atoms with Crippen LogP contribution >= 0.6 is 0 Å². The van der Waals surface area contributed by atoms with Crippen LogP contribution in [0.3, 0.4) is 0 Å². The first-order valence-electron chi connectivity index (χ1n) is 4.09. The Bertz CT molecular complexity index is 575. The number of hydrogen-bond acceptors (Lipinski definition) is 2. The van der Waals surface area contributed by atoms with Gasteiger partial charge in [-0.15, -0.1) is 0 Å². The normalized spacial score (nSPS) is 11.5. The Hall–Kier alpha value is -1.84. The maximum Gasteiger partial charge on any atom is 0.148 e. The molecule has 0 atom stereocenters. The summed E-state index contributed by atoms with van der Waals surface area (Å²) < 4.78 is 3.91. The largest absolute Gasteiger partial charge is 0.335 e. The van der Waals surface area contributed by atoms with Gasteiger partial charge >= 0.3 is 0 Å². The number of nitrogens with zero attached hydrogens (tertiary/aromatic N) is 4. The molecule has 0 radical (unpaired) electrons. The van der Waals surface area contributed by atoms with Crippen molar-refractivity contribution in [2.75, 3.05) is 0 Å². The smallest absolute Gasteiger partial charge is 0.148 e. The van der Waals surface area contributed by atoms with Crippen LogP contribution in [-0.4, -0.2) is 18.9 Å². The van der Waals surface area contributed by atoms with Gasteiger partial charge in [0.25, 0.3) is 0 Å². The molecule has 0 amide bonds. The molecule has 0 spiro atoms. The van der Waals surface area contributed by atoms with Crippen molar-refractivity contribution in [2.45, 2.75) is 0 Å². The molecule has 0 N–H and O–H groups in total. The Labute approximate surface area is 74.5 Å². The minimum absolute atomic E-state index is 0.964. The lowest BCUT2D eigenvalue weighted by atomic mass is 10.4. The fraction of sp³-hybridized carbons (Fsp3) is 0.111. The number of rotatable bonds is 0. The molecular formula is C9H8N4. The lowest BCUT2D eigenvalue weighted by Gasteiger charge is -1.96. The summed E-state index contributed by atoms with van der Waals surface area (Å²) in [7, 11) is 1.98. The van der Waals surface area contributed by atoms with Gasteiger partial charge in [0, 0.05) is 25.6 Å². The third-order valence-electron chi connectivity index (χ3n) is 2.25. The van der Waals surface area contributed by atoms with Crippen molar-refractivity contribution in [1.82, 2.24) is 18.9 Å². The first-order valence-corrected chi connectivity index (χ1v) is 4.09. The molecule has 4 nitrogen and oxygen atoms in total. The number of imidazole rings is 1. The van der Waals surface area contributed by atoms with Crippen LogP contribution in [0.15, 0.2) is 31.0 Å². The lowest BCUT2D eigenvalue weighted by Crippen LogP contribution is -1.91. The van der Waals surface area contributed by atoms with Crippen molar-refractivity contribution in [3.8, 4) is 0 Å². The van der Waals surface area contributed by atoms with Gasteiger partial charge in [-0.2, -0.15) is 0 Å². The zero-order chi connectivity index (χ0) is 8.84. The second-order valence-corrected chi connectivity index (χ2v) is 3.07. The van der Waals surface area contributed by atoms with E-state index in [-0.39, 0.29) is 0 Å². The van der Waals surface area contributed by atoms with Crippen LogP contribution in [0.1, 0.15) is 0 Å². The summed E-state index contributed by atoms with van der Waals surface area (Å²) in [6.45, 7) is 0. The third kappa shape index (κ3) is 0.744. The summed E-state index contributed by atoms with van der Waals surface area (Å²) in [5.41, 5.74) is 1.93. The fourth-order valence-corrected chi connectivity index (χ4v) is 1.59. The Balaban J connectivity index is 2.66. The second-order valence-electron chi connectivity index (χ2n) is 3.07. The van der Waals surface area contributed by atoms with E-state index in [4.69, 9.17) is 0 Å². The van der Waals surface area contributed by atoms with Crippen molar-refractivity contribution in [3.63, 3.8) is 0 Å². The molecular weight excluding hydrogens is 164 g/mol. The van der Waals surface area contributed by atoms with Gasteiger partial charge in [0.05, 0.1) is 5.39 Å². The fourth-order valence-electron chi connectivity index (χ4n) is 1.59. The predicted octanol–water partition coefficient (Wildman–Crippen LogP) is 1.22. The van der Waals surface area contributed by atoms with Crippen LogP contribution in [0.25, 0.3) is 16.7 Å². The van der Waals surface area contributed by atoms with Crippen molar-refractivity contribution >= 4 is 16.7 Å². The number of aromatic nitrogens is 4. The van der Waals surface area contributed by atoms with Gasteiger partial charge in [-0.1, -0.05) is 0 Å². The maximum absolute atomic E-state index is 4.33. The van der Waals surface area contributed by atoms with Gasteiger partial charge in [0.15, 0.2) is 0 Å². The first-order chi connectivity index (χ1) is 6.36. The van der Waals surface area contributed by atoms with E-state index in [9.17, 15) is 0 Å². The van der Waals surface area contributed by atoms with Crippen LogP contribution in [0.2, 0.25) is 0 Å². The molecule has 0 aromatic carbocycles. The summed E-state index contributed by atoms with van der Waals surface area (Å²) >= 11 is 0. The third-order valence-corrected chi connectivity index (χ3v) is 2.25. The van der Waals surface area contributed by atoms with Crippen LogP contribution in [0, 0.1) is 0 Å². The molecule has 64 valence electrons. The van der Waals surface area contributed by atoms with E-state index in [0.29, 0.717) is 0 Å². The van der Waals surface area contributed by atoms with E-state index in [2.05, 4.69) is 9.97 Å². The topological polar surface area (TPSA) is 35.1 Å². The number of fused-ring (bicyclic) bond motifs is 3. The first kappa shape index (κ1) is 6.65. The van der Waals surface area contributed by atoms with Crippen LogP contribution < -0.4 is 0 Å². The van der Waals surface area contributed by atoms with E-state index in [0.717, 1.165) is 16.7 Å². The lowest BCUT2D eigenvalue weighted by molar-refractivity contribution is 0.940. The summed E-state index contributed by atoms with van der Waals surface area (Å²) in [5.74, 6) is 0. The zero-order valence-corrected chi connectivity index (χ0v) is 7.18. The van der Waals surface area contributed by atoms with Crippen LogP contribution in [0.4, 0.5) is 0 Å². The molecule has 0 saturated carbocycles. The molecule has 0 bridgehead atoms. The van der Waals surface area contributed by atoms with E-state index < -0.39 is 0 Å². The molecule has 4 heteroatoms. The molecule has 13 heavy (non-hydrogen) atoms. The average Bonchev–Trinajstić information content (AvgIpc) is 2.70. The van der Waals surface area contributed by atoms with E-state index in [1.54, 1.807) is 12.5 Å².